The number of nitrogens with one attached hydrogen (secondary N) is 2. The van der Waals surface area contributed by atoms with Crippen molar-refractivity contribution in [3.05, 3.63) is 24.3 Å². The minimum absolute atomic E-state index is 0.0413. The molecule has 0 heterocycles. The van der Waals surface area contributed by atoms with Crippen LogP contribution in [-0.2, 0) is 9.59 Å². The van der Waals surface area contributed by atoms with E-state index < -0.39 is 18.4 Å². The summed E-state index contributed by atoms with van der Waals surface area (Å²) in [6.45, 7) is -3.02. The number of thiocarbonyl (C=S) groups is 1. The van der Waals surface area contributed by atoms with E-state index >= 15 is 0 Å². The summed E-state index contributed by atoms with van der Waals surface area (Å²) in [7, 11) is 0. The van der Waals surface area contributed by atoms with Gasteiger partial charge in [-0.25, -0.2) is 0 Å². The van der Waals surface area contributed by atoms with Crippen LogP contribution >= 0.6 is 12.2 Å². The van der Waals surface area contributed by atoms with Gasteiger partial charge in [-0.15, -0.1) is 0 Å². The number of benzene rings is 1. The van der Waals surface area contributed by atoms with Crippen molar-refractivity contribution in [2.75, 3.05) is 11.9 Å². The average molecular weight is 303 g/mol. The van der Waals surface area contributed by atoms with Gasteiger partial charge in [-0.2, -0.15) is 8.78 Å². The molecule has 0 atom stereocenters. The third-order valence-corrected chi connectivity index (χ3v) is 2.11. The minimum Gasteiger partial charge on any atom is -0.435 e. The lowest BCUT2D eigenvalue weighted by molar-refractivity contribution is -0.135. The third-order valence-electron chi connectivity index (χ3n) is 1.97. The van der Waals surface area contributed by atoms with Crippen LogP contribution in [0, 0.1) is 0 Å². The lowest BCUT2D eigenvalue weighted by atomic mass is 10.3. The van der Waals surface area contributed by atoms with Crippen LogP contribution in [0.4, 0.5) is 14.5 Å². The lowest BCUT2D eigenvalue weighted by Crippen LogP contribution is -2.39. The van der Waals surface area contributed by atoms with Gasteiger partial charge in [0.2, 0.25) is 0 Å². The fourth-order valence-electron chi connectivity index (χ4n) is 1.16. The van der Waals surface area contributed by atoms with Crippen LogP contribution in [-0.4, -0.2) is 30.0 Å². The number of ether oxygens (including phenoxy) is 1. The Morgan fingerprint density at radius 2 is 1.85 bits per heavy atom. The molecule has 20 heavy (non-hydrogen) atoms. The fourth-order valence-corrected chi connectivity index (χ4v) is 1.23. The molecule has 108 valence electrons. The number of carbonyl (C=O) groups excluding carboxylic acids is 2. The van der Waals surface area contributed by atoms with Crippen LogP contribution < -0.4 is 21.1 Å². The summed E-state index contributed by atoms with van der Waals surface area (Å²) in [4.78, 5) is 22.8. The molecule has 0 aliphatic rings. The first-order valence-corrected chi connectivity index (χ1v) is 5.71. The lowest BCUT2D eigenvalue weighted by Gasteiger charge is -2.07. The third kappa shape index (κ3) is 5.57. The van der Waals surface area contributed by atoms with Crippen LogP contribution in [0.15, 0.2) is 24.3 Å². The van der Waals surface area contributed by atoms with Crippen LogP contribution in [0.25, 0.3) is 0 Å². The molecule has 0 bridgehead atoms. The van der Waals surface area contributed by atoms with Crippen LogP contribution in [0.5, 0.6) is 5.75 Å². The molecule has 0 fully saturated rings. The average Bonchev–Trinajstić information content (AvgIpc) is 2.37. The molecule has 1 rings (SSSR count). The van der Waals surface area contributed by atoms with Crippen LogP contribution in [0.3, 0.4) is 0 Å². The molecule has 0 saturated heterocycles. The van der Waals surface area contributed by atoms with Gasteiger partial charge >= 0.3 is 18.4 Å². The van der Waals surface area contributed by atoms with Crippen molar-refractivity contribution in [3.8, 4) is 5.75 Å². The van der Waals surface area contributed by atoms with E-state index in [9.17, 15) is 18.4 Å². The molecular formula is C11H11F2N3O3S. The van der Waals surface area contributed by atoms with E-state index in [-0.39, 0.29) is 23.0 Å². The van der Waals surface area contributed by atoms with E-state index in [0.717, 1.165) is 0 Å². The molecule has 9 heteroatoms. The number of carbonyl (C=O) groups is 2. The summed E-state index contributed by atoms with van der Waals surface area (Å²) in [6, 6.07) is 5.09. The summed E-state index contributed by atoms with van der Waals surface area (Å²) < 4.78 is 28.0. The van der Waals surface area contributed by atoms with Crippen molar-refractivity contribution in [2.45, 2.75) is 6.61 Å². The molecule has 0 aliphatic heterocycles. The number of nitrogens with two attached hydrogens (primary N) is 1. The highest BCUT2D eigenvalue weighted by Gasteiger charge is 2.13. The van der Waals surface area contributed by atoms with E-state index in [2.05, 4.69) is 27.6 Å². The summed E-state index contributed by atoms with van der Waals surface area (Å²) in [5.74, 6) is -1.90. The number of halogens is 2. The summed E-state index contributed by atoms with van der Waals surface area (Å²) in [6.07, 6.45) is 0. The molecule has 4 N–H and O–H groups in total. The molecule has 2 amide bonds. The van der Waals surface area contributed by atoms with E-state index in [1.165, 1.54) is 24.3 Å². The minimum atomic E-state index is -2.93. The van der Waals surface area contributed by atoms with Gasteiger partial charge in [0.25, 0.3) is 0 Å². The quantitative estimate of drug-likeness (QED) is 0.548. The second-order valence-corrected chi connectivity index (χ2v) is 4.03. The summed E-state index contributed by atoms with van der Waals surface area (Å²) >= 11 is 4.54. The van der Waals surface area contributed by atoms with E-state index in [0.29, 0.717) is 0 Å². The van der Waals surface area contributed by atoms with Gasteiger partial charge in [0.15, 0.2) is 0 Å². The monoisotopic (exact) mass is 303 g/mol. The fraction of sp³-hybridized carbons (Fsp3) is 0.182. The van der Waals surface area contributed by atoms with Crippen molar-refractivity contribution in [1.82, 2.24) is 5.32 Å². The zero-order chi connectivity index (χ0) is 15.1. The van der Waals surface area contributed by atoms with Gasteiger partial charge in [-0.3, -0.25) is 9.59 Å². The van der Waals surface area contributed by atoms with Crippen molar-refractivity contribution < 1.29 is 23.1 Å². The van der Waals surface area contributed by atoms with Crippen molar-refractivity contribution in [2.24, 2.45) is 5.73 Å². The number of anilines is 1. The van der Waals surface area contributed by atoms with Gasteiger partial charge in [-0.1, -0.05) is 12.2 Å². The molecular weight excluding hydrogens is 292 g/mol. The SMILES string of the molecule is NC(=S)CNC(=O)C(=O)Nc1ccc(OC(F)F)cc1. The first-order chi connectivity index (χ1) is 9.38. The van der Waals surface area contributed by atoms with Crippen molar-refractivity contribution in [3.63, 3.8) is 0 Å². The van der Waals surface area contributed by atoms with Crippen LogP contribution in [0.1, 0.15) is 0 Å². The highest BCUT2D eigenvalue weighted by molar-refractivity contribution is 7.80. The molecule has 0 radical (unpaired) electrons. The van der Waals surface area contributed by atoms with Crippen LogP contribution in [0.2, 0.25) is 0 Å². The topological polar surface area (TPSA) is 93.5 Å². The van der Waals surface area contributed by atoms with E-state index in [1.807, 2.05) is 0 Å². The molecule has 0 spiro atoms. The Morgan fingerprint density at radius 3 is 2.35 bits per heavy atom. The smallest absolute Gasteiger partial charge is 0.387 e. The first-order valence-electron chi connectivity index (χ1n) is 5.31. The number of alkyl halides is 2. The predicted molar refractivity (Wildman–Crippen MR) is 71.5 cm³/mol. The Hall–Kier alpha value is -2.29. The molecule has 0 saturated carbocycles. The van der Waals surface area contributed by atoms with E-state index in [1.54, 1.807) is 0 Å². The molecule has 0 aliphatic carbocycles. The maximum Gasteiger partial charge on any atom is 0.387 e. The van der Waals surface area contributed by atoms with Gasteiger partial charge in [0.05, 0.1) is 11.5 Å². The van der Waals surface area contributed by atoms with Crippen molar-refractivity contribution in [1.29, 1.82) is 0 Å². The Balaban J connectivity index is 2.53. The van der Waals surface area contributed by atoms with Gasteiger partial charge in [0.1, 0.15) is 5.75 Å². The zero-order valence-corrected chi connectivity index (χ0v) is 10.9. The first kappa shape index (κ1) is 15.8. The highest BCUT2D eigenvalue weighted by Crippen LogP contribution is 2.17. The zero-order valence-electron chi connectivity index (χ0n) is 10.1. The molecule has 6 nitrogen and oxygen atoms in total. The number of hydrogen-bond acceptors (Lipinski definition) is 4. The molecule has 0 aromatic heterocycles. The molecule has 1 aromatic carbocycles. The predicted octanol–water partition coefficient (Wildman–Crippen LogP) is 0.629. The van der Waals surface area contributed by atoms with Gasteiger partial charge in [-0.05, 0) is 24.3 Å². The van der Waals surface area contributed by atoms with Gasteiger partial charge in [0, 0.05) is 5.69 Å². The second kappa shape index (κ2) is 7.34. The largest absolute Gasteiger partial charge is 0.435 e. The standard InChI is InChI=1S/C11H11F2N3O3S/c12-11(13)19-7-3-1-6(2-4-7)16-10(18)9(17)15-5-8(14)20/h1-4,11H,5H2,(H2,14,20)(H,15,17)(H,16,18). The summed E-state index contributed by atoms with van der Waals surface area (Å²) in [5.41, 5.74) is 5.41. The second-order valence-electron chi connectivity index (χ2n) is 3.51. The van der Waals surface area contributed by atoms with Crippen molar-refractivity contribution >= 4 is 34.7 Å². The normalized spacial score (nSPS) is 9.95. The number of amides is 2. The Morgan fingerprint density at radius 1 is 1.25 bits per heavy atom. The maximum absolute atomic E-state index is 11.9. The van der Waals surface area contributed by atoms with E-state index in [4.69, 9.17) is 5.73 Å². The molecule has 1 aromatic rings. The number of hydrogen-bond donors (Lipinski definition) is 3. The highest BCUT2D eigenvalue weighted by atomic mass is 32.1. The maximum atomic E-state index is 11.9. The summed E-state index contributed by atoms with van der Waals surface area (Å²) in [5, 5.41) is 4.47. The number of rotatable bonds is 5. The Kier molecular flexibility index (Phi) is 5.78. The molecule has 0 unspecified atom stereocenters. The Labute approximate surface area is 118 Å². The Bertz CT molecular complexity index is 508. The van der Waals surface area contributed by atoms with Gasteiger partial charge < -0.3 is 21.1 Å².